The van der Waals surface area contributed by atoms with Crippen molar-refractivity contribution in [3.8, 4) is 17.2 Å². The van der Waals surface area contributed by atoms with Crippen LogP contribution in [0.4, 0.5) is 0 Å². The van der Waals surface area contributed by atoms with E-state index in [-0.39, 0.29) is 57.8 Å². The third kappa shape index (κ3) is 5.68. The zero-order chi connectivity index (χ0) is 28.4. The highest BCUT2D eigenvalue weighted by Gasteiger charge is 2.40. The fourth-order valence-electron chi connectivity index (χ4n) is 4.21. The van der Waals surface area contributed by atoms with E-state index >= 15 is 0 Å². The molecule has 0 bridgehead atoms. The average Bonchev–Trinajstić information content (AvgIpc) is 2.84. The van der Waals surface area contributed by atoms with E-state index in [2.05, 4.69) is 33.9 Å². The van der Waals surface area contributed by atoms with Crippen molar-refractivity contribution in [1.29, 1.82) is 0 Å². The van der Waals surface area contributed by atoms with Crippen molar-refractivity contribution >= 4 is 25.7 Å². The first-order valence-corrected chi connectivity index (χ1v) is 15.3. The summed E-state index contributed by atoms with van der Waals surface area (Å²) in [5, 5.41) is 10.4. The number of fused-ring (bicyclic) bond motifs is 1. The molecular formula is C29H36O8Si. The molecule has 1 N–H and O–H groups in total. The maximum absolute atomic E-state index is 13.5. The summed E-state index contributed by atoms with van der Waals surface area (Å²) < 4.78 is 22.7. The Labute approximate surface area is 224 Å². The van der Waals surface area contributed by atoms with Gasteiger partial charge in [0, 0.05) is 30.0 Å². The highest BCUT2D eigenvalue weighted by atomic mass is 28.4. The van der Waals surface area contributed by atoms with Crippen molar-refractivity contribution < 1.29 is 38.1 Å². The quantitative estimate of drug-likeness (QED) is 0.389. The van der Waals surface area contributed by atoms with Gasteiger partial charge in [-0.2, -0.15) is 0 Å². The van der Waals surface area contributed by atoms with E-state index in [9.17, 15) is 19.5 Å². The van der Waals surface area contributed by atoms with Gasteiger partial charge in [-0.1, -0.05) is 39.0 Å². The number of benzene rings is 2. The van der Waals surface area contributed by atoms with Crippen molar-refractivity contribution in [2.24, 2.45) is 0 Å². The lowest BCUT2D eigenvalue weighted by molar-refractivity contribution is -0.120. The third-order valence-electron chi connectivity index (χ3n) is 7.25. The number of phenols is 1. The Morgan fingerprint density at radius 2 is 1.66 bits per heavy atom. The minimum absolute atomic E-state index is 0.00671. The summed E-state index contributed by atoms with van der Waals surface area (Å²) >= 11 is 0. The van der Waals surface area contributed by atoms with Gasteiger partial charge >= 0.3 is 0 Å². The second-order valence-corrected chi connectivity index (χ2v) is 15.5. The van der Waals surface area contributed by atoms with Crippen LogP contribution < -0.4 is 9.47 Å². The van der Waals surface area contributed by atoms with E-state index in [0.717, 1.165) is 6.08 Å². The summed E-state index contributed by atoms with van der Waals surface area (Å²) in [5.41, 5.74) is 1.03. The van der Waals surface area contributed by atoms with Crippen LogP contribution in [0.15, 0.2) is 42.2 Å². The number of hydrogen-bond donors (Lipinski definition) is 1. The molecular weight excluding hydrogens is 504 g/mol. The number of allylic oxidation sites excluding steroid dienone is 2. The molecule has 0 radical (unpaired) electrons. The van der Waals surface area contributed by atoms with Crippen molar-refractivity contribution in [3.63, 3.8) is 0 Å². The maximum atomic E-state index is 13.5. The Morgan fingerprint density at radius 3 is 2.21 bits per heavy atom. The number of methoxy groups -OCH3 is 3. The molecule has 8 nitrogen and oxygen atoms in total. The number of carbonyl (C=O) groups excluding carboxylic acids is 3. The summed E-state index contributed by atoms with van der Waals surface area (Å²) in [7, 11) is 1.76. The summed E-state index contributed by atoms with van der Waals surface area (Å²) in [6.07, 6.45) is 0.345. The molecule has 2 aromatic carbocycles. The van der Waals surface area contributed by atoms with Crippen LogP contribution >= 0.6 is 0 Å². The highest BCUT2D eigenvalue weighted by molar-refractivity contribution is 6.74. The Balaban J connectivity index is 2.01. The van der Waals surface area contributed by atoms with Gasteiger partial charge in [0.1, 0.15) is 23.0 Å². The van der Waals surface area contributed by atoms with Crippen LogP contribution in [0.2, 0.25) is 18.1 Å². The van der Waals surface area contributed by atoms with E-state index in [1.165, 1.54) is 21.3 Å². The topological polar surface area (TPSA) is 108 Å². The highest BCUT2D eigenvalue weighted by Crippen LogP contribution is 2.43. The van der Waals surface area contributed by atoms with E-state index in [0.29, 0.717) is 11.1 Å². The molecule has 204 valence electrons. The van der Waals surface area contributed by atoms with E-state index < -0.39 is 26.0 Å². The molecule has 0 fully saturated rings. The SMILES string of the molecule is COC1=CC(=O)c2c(OC)c(CC(=O)CC(O[Si](C)(C)C(C)(C)C)c3ccccc3O)cc(OC)c2C1=O. The van der Waals surface area contributed by atoms with Gasteiger partial charge in [0.2, 0.25) is 5.78 Å². The van der Waals surface area contributed by atoms with Crippen LogP contribution in [0.5, 0.6) is 17.2 Å². The molecule has 1 unspecified atom stereocenters. The summed E-state index contributed by atoms with van der Waals surface area (Å²) in [6, 6.07) is 8.39. The Morgan fingerprint density at radius 1 is 1.00 bits per heavy atom. The maximum Gasteiger partial charge on any atom is 0.232 e. The molecule has 0 amide bonds. The number of carbonyl (C=O) groups is 3. The van der Waals surface area contributed by atoms with Crippen molar-refractivity contribution in [3.05, 3.63) is 64.4 Å². The lowest BCUT2D eigenvalue weighted by Gasteiger charge is -2.39. The Kier molecular flexibility index (Phi) is 8.53. The van der Waals surface area contributed by atoms with E-state index in [4.69, 9.17) is 18.6 Å². The van der Waals surface area contributed by atoms with E-state index in [1.54, 1.807) is 30.3 Å². The number of ether oxygens (including phenoxy) is 3. The lowest BCUT2D eigenvalue weighted by atomic mass is 9.88. The minimum atomic E-state index is -2.32. The molecule has 1 aliphatic rings. The molecule has 2 aromatic rings. The van der Waals surface area contributed by atoms with Gasteiger partial charge in [-0.05, 0) is 30.3 Å². The monoisotopic (exact) mass is 540 g/mol. The predicted molar refractivity (Wildman–Crippen MR) is 146 cm³/mol. The first kappa shape index (κ1) is 29.1. The van der Waals surface area contributed by atoms with Crippen LogP contribution in [0, 0.1) is 0 Å². The van der Waals surface area contributed by atoms with Crippen LogP contribution in [-0.2, 0) is 20.4 Å². The fraction of sp³-hybridized carbons (Fsp3) is 0.414. The third-order valence-corrected chi connectivity index (χ3v) is 11.7. The molecule has 0 heterocycles. The lowest BCUT2D eigenvalue weighted by Crippen LogP contribution is -2.42. The zero-order valence-electron chi connectivity index (χ0n) is 23.3. The predicted octanol–water partition coefficient (Wildman–Crippen LogP) is 5.58. The number of Topliss-reactive ketones (excluding diaryl/α,β-unsaturated/α-hetero) is 2. The number of phenolic OH excluding ortho intramolecular Hbond substituents is 1. The zero-order valence-corrected chi connectivity index (χ0v) is 24.3. The molecule has 0 aromatic heterocycles. The number of ketones is 3. The van der Waals surface area contributed by atoms with Gasteiger partial charge in [-0.15, -0.1) is 0 Å². The molecule has 0 saturated carbocycles. The Hall–Kier alpha value is -3.43. The largest absolute Gasteiger partial charge is 0.508 e. The number of hydrogen-bond acceptors (Lipinski definition) is 8. The van der Waals surface area contributed by atoms with Gasteiger partial charge in [-0.25, -0.2) is 0 Å². The smallest absolute Gasteiger partial charge is 0.232 e. The standard InChI is InChI=1S/C29H36O8Si/c1-29(2,3)38(7,8)37-22(19-11-9-10-12-20(19)31)15-18(30)13-17-14-23(34-4)26-25(28(17)36-6)21(32)16-24(35-5)27(26)33/h9-12,14,16,22,31H,13,15H2,1-8H3. The molecule has 38 heavy (non-hydrogen) atoms. The molecule has 1 atom stereocenters. The van der Waals surface area contributed by atoms with Gasteiger partial charge in [0.15, 0.2) is 19.9 Å². The molecule has 9 heteroatoms. The van der Waals surface area contributed by atoms with Gasteiger partial charge in [-0.3, -0.25) is 14.4 Å². The first-order valence-electron chi connectivity index (χ1n) is 12.4. The second-order valence-electron chi connectivity index (χ2n) is 10.8. The van der Waals surface area contributed by atoms with Crippen molar-refractivity contribution in [2.45, 2.75) is 57.8 Å². The average molecular weight is 541 g/mol. The number of aromatic hydroxyl groups is 1. The molecule has 0 spiro atoms. The molecule has 3 rings (SSSR count). The minimum Gasteiger partial charge on any atom is -0.508 e. The van der Waals surface area contributed by atoms with Gasteiger partial charge in [0.25, 0.3) is 0 Å². The first-order chi connectivity index (χ1) is 17.7. The van der Waals surface area contributed by atoms with Crippen LogP contribution in [0.25, 0.3) is 0 Å². The summed E-state index contributed by atoms with van der Waals surface area (Å²) in [4.78, 5) is 39.4. The fourth-order valence-corrected chi connectivity index (χ4v) is 5.48. The summed E-state index contributed by atoms with van der Waals surface area (Å²) in [5.74, 6) is -0.920. The summed E-state index contributed by atoms with van der Waals surface area (Å²) in [6.45, 7) is 10.5. The van der Waals surface area contributed by atoms with Gasteiger partial charge in [0.05, 0.1) is 38.6 Å². The molecule has 0 aliphatic heterocycles. The van der Waals surface area contributed by atoms with E-state index in [1.807, 2.05) is 0 Å². The molecule has 1 aliphatic carbocycles. The number of para-hydroxylation sites is 1. The Bertz CT molecular complexity index is 1290. The van der Waals surface area contributed by atoms with Gasteiger partial charge < -0.3 is 23.7 Å². The normalized spacial score (nSPS) is 14.5. The van der Waals surface area contributed by atoms with Crippen LogP contribution in [0.1, 0.15) is 65.1 Å². The molecule has 0 saturated heterocycles. The number of rotatable bonds is 10. The van der Waals surface area contributed by atoms with Crippen LogP contribution in [0.3, 0.4) is 0 Å². The van der Waals surface area contributed by atoms with Crippen molar-refractivity contribution in [2.75, 3.05) is 21.3 Å². The second kappa shape index (κ2) is 11.1. The van der Waals surface area contributed by atoms with Crippen LogP contribution in [-0.4, -0.2) is 52.1 Å². The van der Waals surface area contributed by atoms with Crippen molar-refractivity contribution in [1.82, 2.24) is 0 Å².